The normalized spacial score (nSPS) is 14.7. The molecule has 0 unspecified atom stereocenters. The highest BCUT2D eigenvalue weighted by atomic mass is 16.5. The van der Waals surface area contributed by atoms with Crippen LogP contribution in [0.2, 0.25) is 0 Å². The van der Waals surface area contributed by atoms with E-state index in [-0.39, 0.29) is 12.8 Å². The van der Waals surface area contributed by atoms with Crippen LogP contribution in [0.15, 0.2) is 0 Å². The number of esters is 1. The topological polar surface area (TPSA) is 70.3 Å². The maximum Gasteiger partial charge on any atom is 0.308 e. The summed E-state index contributed by atoms with van der Waals surface area (Å²) in [6.07, 6.45) is -0.209. The maximum atomic E-state index is 10.6. The Kier molecular flexibility index (Phi) is 3.55. The number of carbonyl (C=O) groups excluding carboxylic acids is 1. The predicted molar refractivity (Wildman–Crippen MR) is 37.5 cm³/mol. The Balaban J connectivity index is 3.92. The maximum absolute atomic E-state index is 10.6. The molecule has 1 atom stereocenters. The van der Waals surface area contributed by atoms with E-state index in [9.17, 15) is 9.90 Å². The van der Waals surface area contributed by atoms with Crippen molar-refractivity contribution in [2.24, 2.45) is 0 Å². The molecular weight excluding hydrogens is 146 g/mol. The second-order valence-corrected chi connectivity index (χ2v) is 2.58. The summed E-state index contributed by atoms with van der Waals surface area (Å²) in [5.74, 6) is -0.509. The van der Waals surface area contributed by atoms with Crippen molar-refractivity contribution in [3.8, 4) is 6.07 Å². The van der Waals surface area contributed by atoms with Crippen LogP contribution < -0.4 is 0 Å². The number of nitriles is 1. The summed E-state index contributed by atoms with van der Waals surface area (Å²) in [5.41, 5.74) is -1.26. The molecule has 0 radical (unpaired) electrons. The molecule has 0 aromatic rings. The number of hydrogen-bond donors (Lipinski definition) is 1. The summed E-state index contributed by atoms with van der Waals surface area (Å²) in [5, 5.41) is 17.5. The fourth-order valence-corrected chi connectivity index (χ4v) is 0.616. The lowest BCUT2D eigenvalue weighted by molar-refractivity contribution is -0.145. The summed E-state index contributed by atoms with van der Waals surface area (Å²) in [6, 6.07) is 1.78. The van der Waals surface area contributed by atoms with Gasteiger partial charge in [-0.1, -0.05) is 0 Å². The summed E-state index contributed by atoms with van der Waals surface area (Å²) in [6.45, 7) is 1.42. The minimum absolute atomic E-state index is 0.0674. The molecule has 0 aliphatic carbocycles. The van der Waals surface area contributed by atoms with Crippen molar-refractivity contribution in [2.45, 2.75) is 25.4 Å². The van der Waals surface area contributed by atoms with Gasteiger partial charge in [-0.2, -0.15) is 5.26 Å². The van der Waals surface area contributed by atoms with Crippen molar-refractivity contribution in [1.29, 1.82) is 5.26 Å². The Morgan fingerprint density at radius 1 is 1.82 bits per heavy atom. The van der Waals surface area contributed by atoms with Crippen LogP contribution in [-0.4, -0.2) is 23.8 Å². The second kappa shape index (κ2) is 3.94. The quantitative estimate of drug-likeness (QED) is 0.594. The van der Waals surface area contributed by atoms with E-state index in [1.807, 2.05) is 0 Å². The molecule has 0 rings (SSSR count). The van der Waals surface area contributed by atoms with Crippen molar-refractivity contribution in [2.75, 3.05) is 7.11 Å². The zero-order chi connectivity index (χ0) is 8.91. The van der Waals surface area contributed by atoms with Crippen LogP contribution in [0, 0.1) is 11.3 Å². The van der Waals surface area contributed by atoms with Crippen molar-refractivity contribution in [1.82, 2.24) is 0 Å². The van der Waals surface area contributed by atoms with E-state index in [0.717, 1.165) is 0 Å². The third-order valence-corrected chi connectivity index (χ3v) is 1.21. The molecule has 4 heteroatoms. The second-order valence-electron chi connectivity index (χ2n) is 2.58. The minimum Gasteiger partial charge on any atom is -0.469 e. The number of nitrogens with zero attached hydrogens (tertiary/aromatic N) is 1. The van der Waals surface area contributed by atoms with Gasteiger partial charge in [0.2, 0.25) is 0 Å². The third kappa shape index (κ3) is 4.34. The smallest absolute Gasteiger partial charge is 0.308 e. The third-order valence-electron chi connectivity index (χ3n) is 1.21. The summed E-state index contributed by atoms with van der Waals surface area (Å²) in [4.78, 5) is 10.6. The molecule has 0 aliphatic heterocycles. The van der Waals surface area contributed by atoms with E-state index in [1.54, 1.807) is 6.07 Å². The standard InChI is InChI=1S/C7H11NO3/c1-7(10,3-4-8)5-6(9)11-2/h10H,3,5H2,1-2H3/t7-/m0/s1. The molecule has 0 fully saturated rings. The molecule has 0 aliphatic rings. The zero-order valence-corrected chi connectivity index (χ0v) is 6.63. The van der Waals surface area contributed by atoms with Gasteiger partial charge in [-0.05, 0) is 6.92 Å². The molecule has 0 aromatic carbocycles. The Bertz CT molecular complexity index is 181. The van der Waals surface area contributed by atoms with Crippen molar-refractivity contribution in [3.05, 3.63) is 0 Å². The number of carbonyl (C=O) groups is 1. The van der Waals surface area contributed by atoms with Gasteiger partial charge in [0.15, 0.2) is 0 Å². The molecule has 0 saturated heterocycles. The first-order valence-corrected chi connectivity index (χ1v) is 3.18. The average Bonchev–Trinajstić information content (AvgIpc) is 1.86. The van der Waals surface area contributed by atoms with Gasteiger partial charge in [-0.3, -0.25) is 4.79 Å². The number of hydrogen-bond acceptors (Lipinski definition) is 4. The van der Waals surface area contributed by atoms with Crippen LogP contribution in [0.1, 0.15) is 19.8 Å². The highest BCUT2D eigenvalue weighted by Crippen LogP contribution is 2.13. The van der Waals surface area contributed by atoms with Crippen LogP contribution in [0.4, 0.5) is 0 Å². The van der Waals surface area contributed by atoms with E-state index in [2.05, 4.69) is 4.74 Å². The molecule has 0 heterocycles. The fraction of sp³-hybridized carbons (Fsp3) is 0.714. The molecule has 0 spiro atoms. The van der Waals surface area contributed by atoms with Crippen molar-refractivity contribution < 1.29 is 14.6 Å². The first-order valence-electron chi connectivity index (χ1n) is 3.18. The van der Waals surface area contributed by atoms with E-state index in [1.165, 1.54) is 14.0 Å². The summed E-state index contributed by atoms with van der Waals surface area (Å²) in [7, 11) is 1.24. The predicted octanol–water partition coefficient (Wildman–Crippen LogP) is 0.214. The highest BCUT2D eigenvalue weighted by molar-refractivity contribution is 5.70. The van der Waals surface area contributed by atoms with Gasteiger partial charge in [-0.15, -0.1) is 0 Å². The van der Waals surface area contributed by atoms with Crippen molar-refractivity contribution in [3.63, 3.8) is 0 Å². The van der Waals surface area contributed by atoms with Gasteiger partial charge in [0.1, 0.15) is 0 Å². The van der Waals surface area contributed by atoms with Crippen molar-refractivity contribution >= 4 is 5.97 Å². The minimum atomic E-state index is -1.26. The lowest BCUT2D eigenvalue weighted by Crippen LogP contribution is -2.27. The van der Waals surface area contributed by atoms with Crippen LogP contribution in [0.5, 0.6) is 0 Å². The van der Waals surface area contributed by atoms with Gasteiger partial charge in [0.25, 0.3) is 0 Å². The molecular formula is C7H11NO3. The largest absolute Gasteiger partial charge is 0.469 e. The van der Waals surface area contributed by atoms with Crippen LogP contribution >= 0.6 is 0 Å². The molecule has 0 bridgehead atoms. The van der Waals surface area contributed by atoms with E-state index >= 15 is 0 Å². The first kappa shape index (κ1) is 9.92. The summed E-state index contributed by atoms with van der Waals surface area (Å²) >= 11 is 0. The molecule has 4 nitrogen and oxygen atoms in total. The Morgan fingerprint density at radius 2 is 2.36 bits per heavy atom. The Labute approximate surface area is 65.4 Å². The lowest BCUT2D eigenvalue weighted by atomic mass is 9.99. The molecule has 1 N–H and O–H groups in total. The molecule has 0 aromatic heterocycles. The van der Waals surface area contributed by atoms with Gasteiger partial charge < -0.3 is 9.84 Å². The number of methoxy groups -OCH3 is 1. The molecule has 11 heavy (non-hydrogen) atoms. The first-order chi connectivity index (χ1) is 5.02. The van der Waals surface area contributed by atoms with E-state index in [4.69, 9.17) is 5.26 Å². The van der Waals surface area contributed by atoms with E-state index < -0.39 is 11.6 Å². The average molecular weight is 157 g/mol. The van der Waals surface area contributed by atoms with Gasteiger partial charge in [-0.25, -0.2) is 0 Å². The van der Waals surface area contributed by atoms with Gasteiger partial charge in [0.05, 0.1) is 31.6 Å². The number of rotatable bonds is 3. The van der Waals surface area contributed by atoms with Gasteiger partial charge >= 0.3 is 5.97 Å². The van der Waals surface area contributed by atoms with Crippen LogP contribution in [-0.2, 0) is 9.53 Å². The molecule has 0 amide bonds. The SMILES string of the molecule is COC(=O)C[C@@](C)(O)CC#N. The monoisotopic (exact) mass is 157 g/mol. The van der Waals surface area contributed by atoms with E-state index in [0.29, 0.717) is 0 Å². The lowest BCUT2D eigenvalue weighted by Gasteiger charge is -2.17. The zero-order valence-electron chi connectivity index (χ0n) is 6.63. The Morgan fingerprint density at radius 3 is 2.73 bits per heavy atom. The number of ether oxygens (including phenoxy) is 1. The summed E-state index contributed by atoms with van der Waals surface area (Å²) < 4.78 is 4.32. The molecule has 62 valence electrons. The Hall–Kier alpha value is -1.08. The molecule has 0 saturated carbocycles. The van der Waals surface area contributed by atoms with Crippen LogP contribution in [0.25, 0.3) is 0 Å². The highest BCUT2D eigenvalue weighted by Gasteiger charge is 2.24. The van der Waals surface area contributed by atoms with Gasteiger partial charge in [0, 0.05) is 0 Å². The fourth-order valence-electron chi connectivity index (χ4n) is 0.616. The number of aliphatic hydroxyl groups is 1. The van der Waals surface area contributed by atoms with Crippen LogP contribution in [0.3, 0.4) is 0 Å².